The molecule has 124 valence electrons. The zero-order valence-electron chi connectivity index (χ0n) is 13.1. The summed E-state index contributed by atoms with van der Waals surface area (Å²) in [5, 5.41) is 7.21. The molecule has 1 heterocycles. The molecule has 0 aliphatic heterocycles. The molecule has 23 heavy (non-hydrogen) atoms. The number of aromatic nitrogens is 2. The van der Waals surface area contributed by atoms with E-state index in [0.29, 0.717) is 23.7 Å². The molecule has 2 radical (unpaired) electrons. The third-order valence-electron chi connectivity index (χ3n) is 2.89. The average Bonchev–Trinajstić information content (AvgIpc) is 2.75. The van der Waals surface area contributed by atoms with Crippen LogP contribution in [0.15, 0.2) is 24.4 Å². The topological polar surface area (TPSA) is 82.2 Å². The number of anilines is 3. The monoisotopic (exact) mass is 464 g/mol. The van der Waals surface area contributed by atoms with Crippen LogP contribution in [0.3, 0.4) is 0 Å². The number of nitrogen functional groups attached to an aromatic ring is 1. The van der Waals surface area contributed by atoms with E-state index in [1.54, 1.807) is 18.7 Å². The van der Waals surface area contributed by atoms with E-state index in [1.807, 2.05) is 25.1 Å². The summed E-state index contributed by atoms with van der Waals surface area (Å²) >= 11 is 0. The molecule has 6 nitrogen and oxygen atoms in total. The van der Waals surface area contributed by atoms with Gasteiger partial charge in [0.15, 0.2) is 0 Å². The first-order valence-electron chi connectivity index (χ1n) is 6.35. The van der Waals surface area contributed by atoms with E-state index in [9.17, 15) is 4.79 Å². The Kier molecular flexibility index (Phi) is 11.1. The maximum Gasteiger partial charge on any atom is 2.00 e. The number of aryl methyl sites for hydroxylation is 2. The molecule has 0 bridgehead atoms. The normalized spacial score (nSPS) is 9.00. The summed E-state index contributed by atoms with van der Waals surface area (Å²) < 4.78 is 6.58. The number of esters is 1. The fourth-order valence-electron chi connectivity index (χ4n) is 1.87. The van der Waals surface area contributed by atoms with Crippen molar-refractivity contribution >= 4 is 47.1 Å². The van der Waals surface area contributed by atoms with Crippen LogP contribution in [0.2, 0.25) is 0 Å². The van der Waals surface area contributed by atoms with E-state index in [0.717, 1.165) is 11.3 Å². The fourth-order valence-corrected chi connectivity index (χ4v) is 1.87. The second kappa shape index (κ2) is 10.6. The number of halogens is 2. The van der Waals surface area contributed by atoms with E-state index < -0.39 is 5.97 Å². The zero-order valence-corrected chi connectivity index (χ0v) is 17.4. The van der Waals surface area contributed by atoms with Gasteiger partial charge in [0.2, 0.25) is 0 Å². The van der Waals surface area contributed by atoms with Crippen LogP contribution in [0.25, 0.3) is 0 Å². The first-order chi connectivity index (χ1) is 9.52. The Morgan fingerprint density at radius 3 is 2.61 bits per heavy atom. The van der Waals surface area contributed by atoms with Gasteiger partial charge < -0.3 is 40.6 Å². The maximum atomic E-state index is 11.9. The van der Waals surface area contributed by atoms with Crippen molar-refractivity contribution in [1.82, 2.24) is 9.78 Å². The van der Waals surface area contributed by atoms with Crippen LogP contribution in [0.4, 0.5) is 17.2 Å². The molecule has 2 aromatic rings. The number of nitrogens with zero attached hydrogens (tertiary/aromatic N) is 2. The minimum absolute atomic E-state index is 0. The summed E-state index contributed by atoms with van der Waals surface area (Å²) in [6, 6.07) is 5.68. The first-order valence-corrected chi connectivity index (χ1v) is 6.35. The van der Waals surface area contributed by atoms with Gasteiger partial charge in [-0.15, -0.1) is 0 Å². The molecule has 0 aliphatic rings. The maximum absolute atomic E-state index is 11.9. The number of nitrogens with one attached hydrogen (secondary N) is 1. The van der Waals surface area contributed by atoms with Gasteiger partial charge in [-0.05, 0) is 31.5 Å². The number of rotatable bonds is 4. The molecular weight excluding hydrogens is 446 g/mol. The van der Waals surface area contributed by atoms with Crippen molar-refractivity contribution in [3.63, 3.8) is 0 Å². The summed E-state index contributed by atoms with van der Waals surface area (Å²) in [6.07, 6.45) is 1.48. The van der Waals surface area contributed by atoms with Gasteiger partial charge in [-0.2, -0.15) is 5.10 Å². The number of carbonyl (C=O) groups excluding carboxylic acids is 1. The summed E-state index contributed by atoms with van der Waals surface area (Å²) in [7, 11) is 1.75. The van der Waals surface area contributed by atoms with E-state index in [1.165, 1.54) is 6.20 Å². The predicted molar refractivity (Wildman–Crippen MR) is 83.8 cm³/mol. The van der Waals surface area contributed by atoms with Gasteiger partial charge in [0, 0.05) is 7.05 Å². The van der Waals surface area contributed by atoms with Crippen LogP contribution >= 0.6 is 0 Å². The van der Waals surface area contributed by atoms with Crippen LogP contribution < -0.4 is 35.9 Å². The first kappa shape index (κ1) is 24.1. The largest absolute Gasteiger partial charge is 2.00 e. The molecule has 0 amide bonds. The zero-order chi connectivity index (χ0) is 14.7. The van der Waals surface area contributed by atoms with Gasteiger partial charge in [-0.25, -0.2) is 4.79 Å². The van der Waals surface area contributed by atoms with Gasteiger partial charge in [0.05, 0.1) is 24.2 Å². The molecule has 3 N–H and O–H groups in total. The molecule has 0 saturated heterocycles. The summed E-state index contributed by atoms with van der Waals surface area (Å²) in [5.41, 5.74) is 8.76. The second-order valence-electron chi connectivity index (χ2n) is 4.47. The molecule has 0 unspecified atom stereocenters. The number of benzene rings is 1. The third-order valence-corrected chi connectivity index (χ3v) is 2.89. The van der Waals surface area contributed by atoms with E-state index in [4.69, 9.17) is 10.5 Å². The Morgan fingerprint density at radius 1 is 1.39 bits per heavy atom. The molecule has 0 aliphatic carbocycles. The minimum Gasteiger partial charge on any atom is -1.00 e. The molecule has 0 saturated carbocycles. The molecule has 0 fully saturated rings. The van der Waals surface area contributed by atoms with Gasteiger partial charge in [-0.3, -0.25) is 4.68 Å². The van der Waals surface area contributed by atoms with Crippen molar-refractivity contribution in [2.24, 2.45) is 7.05 Å². The van der Waals surface area contributed by atoms with E-state index >= 15 is 0 Å². The van der Waals surface area contributed by atoms with E-state index in [2.05, 4.69) is 10.4 Å². The van der Waals surface area contributed by atoms with Crippen molar-refractivity contribution < 1.29 is 34.3 Å². The molecule has 1 aromatic carbocycles. The Hall–Kier alpha value is -1.12. The van der Waals surface area contributed by atoms with Crippen molar-refractivity contribution in [3.8, 4) is 0 Å². The van der Waals surface area contributed by atoms with Crippen molar-refractivity contribution in [1.29, 1.82) is 0 Å². The Labute approximate surface area is 164 Å². The third kappa shape index (κ3) is 5.78. The summed E-state index contributed by atoms with van der Waals surface area (Å²) in [4.78, 5) is 11.9. The quantitative estimate of drug-likeness (QED) is 0.273. The number of hydrogen-bond donors (Lipinski definition) is 2. The fraction of sp³-hybridized carbons (Fsp3) is 0.286. The average molecular weight is 464 g/mol. The summed E-state index contributed by atoms with van der Waals surface area (Å²) in [5.74, 6) is 0.146. The molecule has 2 rings (SSSR count). The minimum atomic E-state index is -0.409. The SMILES string of the molecule is CCOC(=O)c1cnn(C)c1Nc1ccc(C)cc1N.[Cl-].[Cl-].[Sn+2]. The van der Waals surface area contributed by atoms with Gasteiger partial charge >= 0.3 is 29.9 Å². The van der Waals surface area contributed by atoms with E-state index in [-0.39, 0.29) is 48.7 Å². The van der Waals surface area contributed by atoms with Crippen molar-refractivity contribution in [2.75, 3.05) is 17.7 Å². The smallest absolute Gasteiger partial charge is 1.00 e. The number of nitrogens with two attached hydrogens (primary N) is 1. The number of hydrogen-bond acceptors (Lipinski definition) is 5. The molecule has 0 spiro atoms. The van der Waals surface area contributed by atoms with Gasteiger partial charge in [0.25, 0.3) is 0 Å². The second-order valence-corrected chi connectivity index (χ2v) is 4.47. The molecule has 1 aromatic heterocycles. The van der Waals surface area contributed by atoms with Crippen LogP contribution in [0.1, 0.15) is 22.8 Å². The molecular formula is C14H18Cl2N4O2Sn. The Bertz CT molecular complexity index is 650. The van der Waals surface area contributed by atoms with Crippen LogP contribution in [0.5, 0.6) is 0 Å². The van der Waals surface area contributed by atoms with Gasteiger partial charge in [-0.1, -0.05) is 6.07 Å². The molecule has 0 atom stereocenters. The summed E-state index contributed by atoms with van der Waals surface area (Å²) in [6.45, 7) is 4.05. The number of ether oxygens (including phenoxy) is 1. The van der Waals surface area contributed by atoms with Crippen molar-refractivity contribution in [2.45, 2.75) is 13.8 Å². The van der Waals surface area contributed by atoms with Crippen LogP contribution in [0, 0.1) is 6.92 Å². The van der Waals surface area contributed by atoms with Crippen molar-refractivity contribution in [3.05, 3.63) is 35.5 Å². The predicted octanol–water partition coefficient (Wildman–Crippen LogP) is -4.14. The van der Waals surface area contributed by atoms with Crippen LogP contribution in [-0.2, 0) is 11.8 Å². The standard InChI is InChI=1S/C14H18N4O2.2ClH.Sn/c1-4-20-14(19)10-8-16-18(3)13(10)17-12-6-5-9(2)7-11(12)15;;;/h5-8,17H,4,15H2,1-3H3;2*1H;/q;;;+2/p-2. The Morgan fingerprint density at radius 2 is 2.04 bits per heavy atom. The van der Waals surface area contributed by atoms with Gasteiger partial charge in [0.1, 0.15) is 11.4 Å². The van der Waals surface area contributed by atoms with Crippen LogP contribution in [-0.4, -0.2) is 46.3 Å². The molecule has 9 heteroatoms. The Balaban J connectivity index is 0. The number of carbonyl (C=O) groups is 1.